The highest BCUT2D eigenvalue weighted by atomic mass is 16.6. The Morgan fingerprint density at radius 1 is 0.476 bits per heavy atom. The normalized spacial score (nSPS) is 30.2. The summed E-state index contributed by atoms with van der Waals surface area (Å²) in [6.07, 6.45) is 47.1. The first-order chi connectivity index (χ1) is 69.7. The molecule has 16 bridgehead atoms. The van der Waals surface area contributed by atoms with Gasteiger partial charge in [-0.05, 0) is 321 Å². The molecule has 8 unspecified atom stereocenters. The van der Waals surface area contributed by atoms with Crippen LogP contribution in [0.5, 0.6) is 0 Å². The summed E-state index contributed by atoms with van der Waals surface area (Å²) in [5.41, 5.74) is 12.8. The predicted octanol–water partition coefficient (Wildman–Crippen LogP) is 15.3. The van der Waals surface area contributed by atoms with Crippen LogP contribution in [-0.4, -0.2) is 176 Å². The Kier molecular flexibility index (Phi) is 20.6. The van der Waals surface area contributed by atoms with Gasteiger partial charge >= 0.3 is 17.3 Å². The summed E-state index contributed by atoms with van der Waals surface area (Å²) in [6.45, 7) is 22.6. The first-order valence-corrected chi connectivity index (χ1v) is 52.1. The smallest absolute Gasteiger partial charge is 0.330 e. The lowest BCUT2D eigenvalue weighted by atomic mass is 9.46. The number of fused-ring (bicyclic) bond motifs is 8. The third-order valence-electron chi connectivity index (χ3n) is 36.6. The van der Waals surface area contributed by atoms with E-state index in [0.717, 1.165) is 242 Å². The number of carbonyl (C=O) groups excluding carboxylic acids is 3. The monoisotopic (exact) mass is 1950 g/mol. The molecule has 1 saturated heterocycles. The lowest BCUT2D eigenvalue weighted by molar-refractivity contribution is -0.184. The first kappa shape index (κ1) is 90.8. The Balaban J connectivity index is 0.0000000987. The molecule has 3 aliphatic heterocycles. The number of aromatic nitrogens is 24. The summed E-state index contributed by atoms with van der Waals surface area (Å²) in [6, 6.07) is 10.6. The number of amides is 2. The molecule has 19 aliphatic rings. The number of piperidine rings is 1. The van der Waals surface area contributed by atoms with Crippen molar-refractivity contribution >= 4 is 127 Å². The molecule has 39 heteroatoms. The number of esters is 1. The van der Waals surface area contributed by atoms with Crippen LogP contribution >= 0.6 is 0 Å². The number of anilines is 11. The van der Waals surface area contributed by atoms with Crippen molar-refractivity contribution in [2.24, 2.45) is 95.4 Å². The third-order valence-corrected chi connectivity index (χ3v) is 36.6. The molecule has 16 saturated carbocycles. The molecular formula is C106H123N33O6. The van der Waals surface area contributed by atoms with Gasteiger partial charge < -0.3 is 40.7 Å². The Morgan fingerprint density at radius 3 is 1.43 bits per heavy atom. The fourth-order valence-electron chi connectivity index (χ4n) is 31.6. The predicted molar refractivity (Wildman–Crippen MR) is 542 cm³/mol. The molecule has 33 rings (SSSR count). The lowest BCUT2D eigenvalue weighted by Crippen LogP contribution is -2.66. The van der Waals surface area contributed by atoms with Crippen molar-refractivity contribution < 1.29 is 19.1 Å². The van der Waals surface area contributed by atoms with Gasteiger partial charge in [-0.1, -0.05) is 13.5 Å². The molecule has 0 aromatic carbocycles. The van der Waals surface area contributed by atoms with Crippen LogP contribution in [0.1, 0.15) is 222 Å². The maximum atomic E-state index is 14.1. The highest BCUT2D eigenvalue weighted by Gasteiger charge is 2.67. The van der Waals surface area contributed by atoms with Crippen LogP contribution in [0.15, 0.2) is 121 Å². The fourth-order valence-corrected chi connectivity index (χ4v) is 31.6. The van der Waals surface area contributed by atoms with Crippen molar-refractivity contribution in [2.75, 3.05) is 56.1 Å². The number of imidazole rings is 2. The molecular weight excluding hydrogens is 1830 g/mol. The Hall–Kier alpha value is -14.2. The van der Waals surface area contributed by atoms with Gasteiger partial charge in [0.25, 0.3) is 0 Å². The van der Waals surface area contributed by atoms with E-state index in [-0.39, 0.29) is 52.1 Å². The number of rotatable bonds is 14. The number of hydrogen-bond acceptors (Lipinski definition) is 29. The van der Waals surface area contributed by atoms with Gasteiger partial charge in [-0.2, -0.15) is 45.6 Å². The Morgan fingerprint density at radius 2 is 0.917 bits per heavy atom. The van der Waals surface area contributed by atoms with E-state index in [2.05, 4.69) is 130 Å². The molecule has 748 valence electrons. The third kappa shape index (κ3) is 14.8. The van der Waals surface area contributed by atoms with E-state index in [9.17, 15) is 29.2 Å². The number of hydrogen-bond donors (Lipinski definition) is 4. The Labute approximate surface area is 836 Å². The second-order valence-electron chi connectivity index (χ2n) is 47.3. The number of nitrogens with one attached hydrogen (secondary N) is 4. The van der Waals surface area contributed by atoms with E-state index in [0.29, 0.717) is 100 Å². The molecule has 8 atom stereocenters. The number of carbonyl (C=O) groups is 3. The molecule has 14 aromatic rings. The molecule has 0 spiro atoms. The molecule has 0 radical (unpaired) electrons. The van der Waals surface area contributed by atoms with Crippen molar-refractivity contribution in [2.45, 2.75) is 251 Å². The van der Waals surface area contributed by atoms with Gasteiger partial charge in [0.15, 0.2) is 39.7 Å². The van der Waals surface area contributed by atoms with Gasteiger partial charge in [-0.25, -0.2) is 67.5 Å². The molecule has 17 fully saturated rings. The maximum absolute atomic E-state index is 14.1. The molecule has 4 N–H and O–H groups in total. The van der Waals surface area contributed by atoms with Crippen molar-refractivity contribution in [1.82, 2.24) is 121 Å². The summed E-state index contributed by atoms with van der Waals surface area (Å²) in [7, 11) is 5.67. The highest BCUT2D eigenvalue weighted by Crippen LogP contribution is 2.69. The number of aryl methyl sites for hydroxylation is 6. The summed E-state index contributed by atoms with van der Waals surface area (Å²) >= 11 is 0. The zero-order chi connectivity index (χ0) is 99.3. The molecule has 14 aromatic heterocycles. The average Bonchev–Trinajstić information content (AvgIpc) is 1.63. The number of nitrogens with zero attached hydrogens (tertiary/aromatic N) is 29. The van der Waals surface area contributed by atoms with Crippen LogP contribution < -0.4 is 47.3 Å². The molecule has 16 aliphatic carbocycles. The topological polar surface area (TPSA) is 423 Å². The highest BCUT2D eigenvalue weighted by molar-refractivity contribution is 6.02. The van der Waals surface area contributed by atoms with Gasteiger partial charge in [-0.3, -0.25) is 37.6 Å². The van der Waals surface area contributed by atoms with Crippen LogP contribution in [0, 0.1) is 120 Å². The summed E-state index contributed by atoms with van der Waals surface area (Å²) in [5, 5.41) is 40.3. The van der Waals surface area contributed by atoms with Crippen LogP contribution in [-0.2, 0) is 45.2 Å². The standard InChI is InChI=1S/C29H35N9O2.C28H33N7O3.C25H30N8.C24H25N9O/c1-18-8-23-31-17-32-37(23)15-21(18)33-26-30-14-22-24(34-26)38(27(40)35(22)2)29-12-19-9-20(13-29)11-28(10-19,16-29)25(39)36-6-4-3-5-7-36;1-16-5-21-30-15-31-34(21)13-20(16)32-25-29-12-19-7-22(36)35(23(19)33-25)28-10-17-6-18(11-28)9-27(8-17,14-28)24(37)38-26(2,3)4;1-14-5-22-27-13-28-32(22)12-20(14)29-24-26-11-21-23(30-24)33(16(3)31(21)4)25-8-17-6-18(9-25)15(2)19(7-17)10-25;1-13-3-19-27-12-28-32(19)10-17(13)29-22-26-9-18-21(30-22)33(23(34)31(18)2)20-15-4-14-5-16(20)8-24(6-14,7-15)11-25/h8,14-15,17,19-20H,3-7,9-13,16H2,1-2H3,(H,30,33,34);5,12-13,15,17-18H,6-11,14H2,1-4H3,(H,29,32,33);5,11-13,15,17-19H,3,6-10H2,1-2,4H3,(H,26,29,30);3,9-10,12,14-16,20H,4-8H2,1-2H3,(H,26,29,30). The van der Waals surface area contributed by atoms with Crippen molar-refractivity contribution in [3.63, 3.8) is 0 Å². The van der Waals surface area contributed by atoms with E-state index in [1.165, 1.54) is 63.9 Å². The summed E-state index contributed by atoms with van der Waals surface area (Å²) in [4.78, 5) is 132. The van der Waals surface area contributed by atoms with E-state index >= 15 is 0 Å². The zero-order valence-electron chi connectivity index (χ0n) is 84.1. The van der Waals surface area contributed by atoms with Crippen LogP contribution in [0.25, 0.3) is 44.9 Å². The molecule has 17 heterocycles. The minimum Gasteiger partial charge on any atom is -0.460 e. The minimum atomic E-state index is -0.537. The van der Waals surface area contributed by atoms with Crippen LogP contribution in [0.4, 0.5) is 63.9 Å². The SMILES string of the molecule is C=C1N(C)c2cnc(Nc3cn4ncnc4cc3C)nc2N1C12CC3CC(C1)C(C)C(C3)C2.Cc1cc2ncnn2cc1Nc1ncc2c(n1)N(C13CC4CC(CC(C(=O)OC(C)(C)C)(C4)C1)C3)C(=O)C2.Cc1cc2ncnn2cc1Nc1ncc2c(n1)n(C13CC4CC(CC(C(=O)N5CCCCC5)(C4)C1)C3)c(=O)n2C.Cc1cc2ncnn2cc1Nc1ncc2c(n1)n(C1C3CC4CC1CC(C#N)(C4)C3)c(=O)n2C. The van der Waals surface area contributed by atoms with E-state index in [1.54, 1.807) is 66.2 Å². The van der Waals surface area contributed by atoms with E-state index < -0.39 is 22.1 Å². The fraction of sp³-hybridized carbons (Fsp3) is 0.547. The van der Waals surface area contributed by atoms with E-state index in [4.69, 9.17) is 24.7 Å². The van der Waals surface area contributed by atoms with Gasteiger partial charge in [-0.15, -0.1) is 0 Å². The largest absolute Gasteiger partial charge is 0.460 e. The van der Waals surface area contributed by atoms with Gasteiger partial charge in [0.1, 0.15) is 59.3 Å². The van der Waals surface area contributed by atoms with Crippen molar-refractivity contribution in [1.29, 1.82) is 5.26 Å². The number of pyridine rings is 4. The second-order valence-corrected chi connectivity index (χ2v) is 47.3. The minimum absolute atomic E-state index is 0.0490. The summed E-state index contributed by atoms with van der Waals surface area (Å²) < 4.78 is 20.0. The number of nitriles is 1. The molecule has 2 amide bonds. The van der Waals surface area contributed by atoms with Gasteiger partial charge in [0.2, 0.25) is 35.6 Å². The van der Waals surface area contributed by atoms with Gasteiger partial charge in [0, 0.05) is 57.6 Å². The van der Waals surface area contributed by atoms with E-state index in [1.807, 2.05) is 111 Å². The Bertz CT molecular complexity index is 7850. The quantitative estimate of drug-likeness (QED) is 0.0735. The number of likely N-dealkylation sites (tertiary alicyclic amines) is 1. The summed E-state index contributed by atoms with van der Waals surface area (Å²) in [5.74, 6) is 11.3. The first-order valence-electron chi connectivity index (χ1n) is 52.1. The van der Waals surface area contributed by atoms with Crippen LogP contribution in [0.2, 0.25) is 0 Å². The van der Waals surface area contributed by atoms with Crippen molar-refractivity contribution in [3.05, 3.63) is 160 Å². The average molecular weight is 1960 g/mol. The van der Waals surface area contributed by atoms with Crippen molar-refractivity contribution in [3.8, 4) is 6.07 Å². The lowest BCUT2D eigenvalue weighted by Gasteiger charge is -2.63. The van der Waals surface area contributed by atoms with Crippen LogP contribution in [0.3, 0.4) is 0 Å². The molecule has 145 heavy (non-hydrogen) atoms. The zero-order valence-corrected chi connectivity index (χ0v) is 84.1. The maximum Gasteiger partial charge on any atom is 0.330 e. The second kappa shape index (κ2) is 32.9. The molecule has 39 nitrogen and oxygen atoms in total. The van der Waals surface area contributed by atoms with Gasteiger partial charge in [0.05, 0.1) is 106 Å². The number of ether oxygens (including phenoxy) is 1.